The Morgan fingerprint density at radius 1 is 1.33 bits per heavy atom. The monoisotopic (exact) mass is 360 g/mol. The van der Waals surface area contributed by atoms with Gasteiger partial charge in [0.1, 0.15) is 17.0 Å². The van der Waals surface area contributed by atoms with Crippen molar-refractivity contribution in [1.29, 1.82) is 10.5 Å². The smallest absolute Gasteiger partial charge is 0.266 e. The lowest BCUT2D eigenvalue weighted by molar-refractivity contribution is 0.600. The van der Waals surface area contributed by atoms with E-state index < -0.39 is 10.0 Å². The molecule has 2 heterocycles. The maximum absolute atomic E-state index is 12.6. The van der Waals surface area contributed by atoms with Crippen molar-refractivity contribution in [2.75, 3.05) is 4.72 Å². The molecule has 0 aliphatic heterocycles. The molecule has 10 heteroatoms. The van der Waals surface area contributed by atoms with Crippen LogP contribution in [-0.4, -0.2) is 23.2 Å². The number of nitriles is 2. The summed E-state index contributed by atoms with van der Waals surface area (Å²) in [6, 6.07) is 6.75. The quantitative estimate of drug-likeness (QED) is 0.739. The van der Waals surface area contributed by atoms with Crippen molar-refractivity contribution in [3.05, 3.63) is 40.8 Å². The minimum absolute atomic E-state index is 0.0862. The molecule has 2 N–H and O–H groups in total. The molecule has 3 aromatic rings. The average Bonchev–Trinajstić information content (AvgIpc) is 3.14. The van der Waals surface area contributed by atoms with Crippen LogP contribution in [0.1, 0.15) is 11.3 Å². The number of H-pyrrole nitrogens is 1. The first-order valence-electron chi connectivity index (χ1n) is 6.53. The fourth-order valence-corrected chi connectivity index (χ4v) is 3.77. The van der Waals surface area contributed by atoms with Crippen LogP contribution >= 0.6 is 11.6 Å². The zero-order valence-corrected chi connectivity index (χ0v) is 13.8. The summed E-state index contributed by atoms with van der Waals surface area (Å²) in [5.41, 5.74) is 0.806. The summed E-state index contributed by atoms with van der Waals surface area (Å²) in [5.74, 6) is 0. The van der Waals surface area contributed by atoms with Gasteiger partial charge < -0.3 is 4.98 Å². The number of fused-ring (bicyclic) bond motifs is 1. The van der Waals surface area contributed by atoms with Gasteiger partial charge >= 0.3 is 0 Å². The van der Waals surface area contributed by atoms with E-state index in [1.807, 2.05) is 6.07 Å². The van der Waals surface area contributed by atoms with E-state index in [9.17, 15) is 8.42 Å². The van der Waals surface area contributed by atoms with Crippen molar-refractivity contribution in [2.45, 2.75) is 4.90 Å². The fraction of sp³-hybridized carbons (Fsp3) is 0.0714. The largest absolute Gasteiger partial charge is 0.358 e. The molecule has 0 saturated carbocycles. The Hall–Kier alpha value is -3.01. The third kappa shape index (κ3) is 2.36. The van der Waals surface area contributed by atoms with Crippen molar-refractivity contribution < 1.29 is 8.42 Å². The number of nitrogens with zero attached hydrogens (tertiary/aromatic N) is 4. The summed E-state index contributed by atoms with van der Waals surface area (Å²) < 4.78 is 28.7. The molecule has 0 atom stereocenters. The predicted octanol–water partition coefficient (Wildman–Crippen LogP) is 2.10. The second kappa shape index (κ2) is 5.57. The molecule has 3 rings (SSSR count). The number of aromatic nitrogens is 3. The van der Waals surface area contributed by atoms with Crippen LogP contribution in [0.2, 0.25) is 5.02 Å². The van der Waals surface area contributed by atoms with Crippen molar-refractivity contribution in [1.82, 2.24) is 14.8 Å². The highest BCUT2D eigenvalue weighted by Crippen LogP contribution is 2.33. The summed E-state index contributed by atoms with van der Waals surface area (Å²) in [4.78, 5) is 2.60. The molecule has 2 aromatic heterocycles. The molecule has 0 fully saturated rings. The number of hydrogen-bond donors (Lipinski definition) is 2. The maximum atomic E-state index is 12.6. The van der Waals surface area contributed by atoms with E-state index in [1.165, 1.54) is 30.1 Å². The molecule has 0 aliphatic carbocycles. The molecule has 0 unspecified atom stereocenters. The van der Waals surface area contributed by atoms with Crippen LogP contribution in [0.5, 0.6) is 0 Å². The first kappa shape index (κ1) is 15.9. The van der Waals surface area contributed by atoms with Crippen LogP contribution in [0.25, 0.3) is 10.9 Å². The Morgan fingerprint density at radius 2 is 2.08 bits per heavy atom. The lowest BCUT2D eigenvalue weighted by Crippen LogP contribution is -2.14. The SMILES string of the molecule is Cn1ncc(S(=O)(=O)Nc2ccc(Cl)c3c(C#N)c[nH]c23)c1C#N. The molecular formula is C14H9ClN6O2S. The van der Waals surface area contributed by atoms with E-state index in [0.29, 0.717) is 21.5 Å². The Morgan fingerprint density at radius 3 is 2.75 bits per heavy atom. The Labute approximate surface area is 141 Å². The van der Waals surface area contributed by atoms with Gasteiger partial charge in [-0.1, -0.05) is 11.6 Å². The first-order chi connectivity index (χ1) is 11.4. The van der Waals surface area contributed by atoms with Gasteiger partial charge in [-0.05, 0) is 12.1 Å². The van der Waals surface area contributed by atoms with Gasteiger partial charge in [0.25, 0.3) is 10.0 Å². The second-order valence-electron chi connectivity index (χ2n) is 4.86. The van der Waals surface area contributed by atoms with Crippen molar-refractivity contribution in [3.8, 4) is 12.1 Å². The number of aryl methyl sites for hydroxylation is 1. The normalized spacial score (nSPS) is 11.2. The summed E-state index contributed by atoms with van der Waals surface area (Å²) in [7, 11) is -2.56. The topological polar surface area (TPSA) is 127 Å². The van der Waals surface area contributed by atoms with Crippen molar-refractivity contribution >= 4 is 38.2 Å². The van der Waals surface area contributed by atoms with Gasteiger partial charge in [-0.15, -0.1) is 0 Å². The number of sulfonamides is 1. The van der Waals surface area contributed by atoms with E-state index in [4.69, 9.17) is 22.1 Å². The highest BCUT2D eigenvalue weighted by atomic mass is 35.5. The van der Waals surface area contributed by atoms with Crippen LogP contribution in [0.4, 0.5) is 5.69 Å². The Bertz CT molecular complexity index is 1150. The highest BCUT2D eigenvalue weighted by Gasteiger charge is 2.24. The van der Waals surface area contributed by atoms with Gasteiger partial charge in [-0.3, -0.25) is 9.40 Å². The molecule has 24 heavy (non-hydrogen) atoms. The molecule has 0 amide bonds. The van der Waals surface area contributed by atoms with Crippen LogP contribution in [0.15, 0.2) is 29.4 Å². The number of nitrogens with one attached hydrogen (secondary N) is 2. The summed E-state index contributed by atoms with van der Waals surface area (Å²) >= 11 is 6.09. The first-order valence-corrected chi connectivity index (χ1v) is 8.39. The number of aromatic amines is 1. The van der Waals surface area contributed by atoms with Crippen LogP contribution in [0, 0.1) is 22.7 Å². The maximum Gasteiger partial charge on any atom is 0.266 e. The molecule has 1 aromatic carbocycles. The van der Waals surface area contributed by atoms with E-state index in [-0.39, 0.29) is 16.3 Å². The lowest BCUT2D eigenvalue weighted by Gasteiger charge is -2.09. The van der Waals surface area contributed by atoms with E-state index >= 15 is 0 Å². The van der Waals surface area contributed by atoms with Gasteiger partial charge in [0.2, 0.25) is 0 Å². The number of anilines is 1. The molecule has 0 aliphatic rings. The summed E-state index contributed by atoms with van der Waals surface area (Å²) in [6.07, 6.45) is 2.54. The second-order valence-corrected chi connectivity index (χ2v) is 6.92. The fourth-order valence-electron chi connectivity index (χ4n) is 2.32. The predicted molar refractivity (Wildman–Crippen MR) is 86.8 cm³/mol. The van der Waals surface area contributed by atoms with Crippen molar-refractivity contribution in [2.24, 2.45) is 7.05 Å². The third-order valence-corrected chi connectivity index (χ3v) is 5.13. The van der Waals surface area contributed by atoms with Gasteiger partial charge in [0.15, 0.2) is 5.69 Å². The molecule has 0 spiro atoms. The molecule has 120 valence electrons. The average molecular weight is 361 g/mol. The van der Waals surface area contributed by atoms with E-state index in [0.717, 1.165) is 6.20 Å². The minimum atomic E-state index is -4.04. The molecule has 0 saturated heterocycles. The number of hydrogen-bond acceptors (Lipinski definition) is 5. The van der Waals surface area contributed by atoms with Crippen LogP contribution in [0.3, 0.4) is 0 Å². The van der Waals surface area contributed by atoms with Crippen LogP contribution in [-0.2, 0) is 17.1 Å². The lowest BCUT2D eigenvalue weighted by atomic mass is 10.1. The highest BCUT2D eigenvalue weighted by molar-refractivity contribution is 7.92. The van der Waals surface area contributed by atoms with Gasteiger partial charge in [-0.2, -0.15) is 15.6 Å². The molecule has 0 bridgehead atoms. The molecular weight excluding hydrogens is 352 g/mol. The minimum Gasteiger partial charge on any atom is -0.358 e. The number of halogens is 1. The van der Waals surface area contributed by atoms with E-state index in [2.05, 4.69) is 14.8 Å². The van der Waals surface area contributed by atoms with Gasteiger partial charge in [0, 0.05) is 18.6 Å². The zero-order valence-electron chi connectivity index (χ0n) is 12.2. The third-order valence-electron chi connectivity index (χ3n) is 3.45. The number of rotatable bonds is 3. The van der Waals surface area contributed by atoms with Crippen molar-refractivity contribution in [3.63, 3.8) is 0 Å². The Balaban J connectivity index is 2.14. The molecule has 0 radical (unpaired) electrons. The summed E-state index contributed by atoms with van der Waals surface area (Å²) in [5, 5.41) is 22.7. The summed E-state index contributed by atoms with van der Waals surface area (Å²) in [6.45, 7) is 0. The van der Waals surface area contributed by atoms with E-state index in [1.54, 1.807) is 6.07 Å². The van der Waals surface area contributed by atoms with Gasteiger partial charge in [-0.25, -0.2) is 8.42 Å². The zero-order chi connectivity index (χ0) is 17.5. The van der Waals surface area contributed by atoms with Crippen LogP contribution < -0.4 is 4.72 Å². The number of benzene rings is 1. The van der Waals surface area contributed by atoms with Gasteiger partial charge in [0.05, 0.1) is 28.0 Å². The Kier molecular flexibility index (Phi) is 3.68. The standard InChI is InChI=1S/C14H9ClN6O2S/c1-21-11(5-17)12(7-19-21)24(22,23)20-10-3-2-9(15)13-8(4-16)6-18-14(10)13/h2-3,6-7,18,20H,1H3. The molecule has 8 nitrogen and oxygen atoms in total.